The predicted molar refractivity (Wildman–Crippen MR) is 53.6 cm³/mol. The molecule has 0 saturated carbocycles. The van der Waals surface area contributed by atoms with Crippen molar-refractivity contribution in [2.45, 2.75) is 24.2 Å². The smallest absolute Gasteiger partial charge is 0.116 e. The summed E-state index contributed by atoms with van der Waals surface area (Å²) in [4.78, 5) is 0. The summed E-state index contributed by atoms with van der Waals surface area (Å²) in [5, 5.41) is 14.9. The highest BCUT2D eigenvalue weighted by atomic mass is 32.2. The van der Waals surface area contributed by atoms with Crippen molar-refractivity contribution in [2.24, 2.45) is 7.05 Å². The van der Waals surface area contributed by atoms with Crippen molar-refractivity contribution in [3.63, 3.8) is 0 Å². The molecule has 0 radical (unpaired) electrons. The van der Waals surface area contributed by atoms with Crippen LogP contribution in [0, 0.1) is 0 Å². The van der Waals surface area contributed by atoms with Crippen LogP contribution in [-0.4, -0.2) is 25.9 Å². The third-order valence-corrected chi connectivity index (χ3v) is 3.91. The number of hydrogen-bond donors (Lipinski definition) is 1. The van der Waals surface area contributed by atoms with Crippen LogP contribution in [0.15, 0.2) is 12.3 Å². The molecule has 0 aliphatic carbocycles. The van der Waals surface area contributed by atoms with Crippen LogP contribution < -0.4 is 0 Å². The normalized spacial score (nSPS) is 33.9. The summed E-state index contributed by atoms with van der Waals surface area (Å²) in [5.41, 5.74) is 0.277. The number of aromatic nitrogens is 2. The van der Waals surface area contributed by atoms with Crippen LogP contribution in [0.1, 0.15) is 19.0 Å². The summed E-state index contributed by atoms with van der Waals surface area (Å²) in [5.74, 6) is 0.785. The van der Waals surface area contributed by atoms with Gasteiger partial charge in [-0.1, -0.05) is 6.92 Å². The van der Waals surface area contributed by atoms with Crippen LogP contribution in [0.3, 0.4) is 0 Å². The molecule has 2 unspecified atom stereocenters. The van der Waals surface area contributed by atoms with Crippen molar-refractivity contribution in [3.05, 3.63) is 18.0 Å². The number of hydrogen-bond acceptors (Lipinski definition) is 3. The van der Waals surface area contributed by atoms with Gasteiger partial charge in [-0.05, 0) is 12.5 Å². The Labute approximate surface area is 82.1 Å². The molecule has 0 amide bonds. The van der Waals surface area contributed by atoms with E-state index < -0.39 is 5.60 Å². The summed E-state index contributed by atoms with van der Waals surface area (Å²) in [6.45, 7) is 2.15. The van der Waals surface area contributed by atoms with E-state index in [-0.39, 0.29) is 0 Å². The van der Waals surface area contributed by atoms with Gasteiger partial charge in [0.15, 0.2) is 0 Å². The quantitative estimate of drug-likeness (QED) is 0.735. The lowest BCUT2D eigenvalue weighted by atomic mass is 9.97. The Morgan fingerprint density at radius 1 is 1.77 bits per heavy atom. The van der Waals surface area contributed by atoms with Gasteiger partial charge in [0.2, 0.25) is 0 Å². The molecular weight excluding hydrogens is 184 g/mol. The molecule has 1 fully saturated rings. The summed E-state index contributed by atoms with van der Waals surface area (Å²) < 4.78 is 1.76. The molecule has 2 atom stereocenters. The Kier molecular flexibility index (Phi) is 2.12. The fourth-order valence-corrected chi connectivity index (χ4v) is 3.10. The van der Waals surface area contributed by atoms with Crippen LogP contribution in [0.2, 0.25) is 0 Å². The number of aryl methyl sites for hydroxylation is 1. The molecule has 1 aromatic rings. The zero-order valence-electron chi connectivity index (χ0n) is 7.90. The maximum absolute atomic E-state index is 10.3. The minimum absolute atomic E-state index is 0.542. The van der Waals surface area contributed by atoms with E-state index in [1.807, 2.05) is 24.9 Å². The van der Waals surface area contributed by atoms with E-state index in [0.717, 1.165) is 17.9 Å². The monoisotopic (exact) mass is 198 g/mol. The molecule has 2 heterocycles. The van der Waals surface area contributed by atoms with Crippen molar-refractivity contribution in [2.75, 3.05) is 5.75 Å². The van der Waals surface area contributed by atoms with Gasteiger partial charge >= 0.3 is 0 Å². The summed E-state index contributed by atoms with van der Waals surface area (Å²) in [7, 11) is 1.88. The van der Waals surface area contributed by atoms with Gasteiger partial charge < -0.3 is 5.11 Å². The molecule has 1 aliphatic heterocycles. The van der Waals surface area contributed by atoms with Crippen molar-refractivity contribution in [1.29, 1.82) is 0 Å². The van der Waals surface area contributed by atoms with Gasteiger partial charge in [0.1, 0.15) is 5.60 Å². The Morgan fingerprint density at radius 2 is 2.54 bits per heavy atom. The van der Waals surface area contributed by atoms with E-state index in [9.17, 15) is 5.11 Å². The first-order chi connectivity index (χ1) is 6.12. The highest BCUT2D eigenvalue weighted by Crippen LogP contribution is 2.40. The molecule has 1 aliphatic rings. The summed E-state index contributed by atoms with van der Waals surface area (Å²) in [6.07, 6.45) is 2.57. The molecule has 3 nitrogen and oxygen atoms in total. The summed E-state index contributed by atoms with van der Waals surface area (Å²) in [6, 6.07) is 1.90. The lowest BCUT2D eigenvalue weighted by Gasteiger charge is -2.21. The van der Waals surface area contributed by atoms with E-state index in [1.165, 1.54) is 0 Å². The van der Waals surface area contributed by atoms with Gasteiger partial charge in [0.25, 0.3) is 0 Å². The standard InChI is InChI=1S/C9H14N2OS/c1-7-5-9(12,6-13-7)8-3-4-10-11(8)2/h3-4,7,12H,5-6H2,1-2H3. The molecule has 72 valence electrons. The molecule has 0 aromatic carbocycles. The molecule has 0 spiro atoms. The maximum atomic E-state index is 10.3. The second-order valence-electron chi connectivity index (χ2n) is 3.70. The van der Waals surface area contributed by atoms with Crippen LogP contribution >= 0.6 is 11.8 Å². The predicted octanol–water partition coefficient (Wildman–Crippen LogP) is 1.13. The van der Waals surface area contributed by atoms with E-state index in [0.29, 0.717) is 5.25 Å². The van der Waals surface area contributed by atoms with Gasteiger partial charge in [-0.15, -0.1) is 0 Å². The summed E-state index contributed by atoms with van der Waals surface area (Å²) >= 11 is 1.82. The molecule has 2 rings (SSSR count). The maximum Gasteiger partial charge on any atom is 0.116 e. The minimum atomic E-state index is -0.657. The molecular formula is C9H14N2OS. The van der Waals surface area contributed by atoms with Crippen LogP contribution in [-0.2, 0) is 12.6 Å². The van der Waals surface area contributed by atoms with Gasteiger partial charge in [0, 0.05) is 24.2 Å². The second kappa shape index (κ2) is 3.03. The SMILES string of the molecule is CC1CC(O)(c2ccnn2C)CS1. The minimum Gasteiger partial charge on any atom is -0.383 e. The van der Waals surface area contributed by atoms with Gasteiger partial charge in [0.05, 0.1) is 5.69 Å². The van der Waals surface area contributed by atoms with E-state index in [4.69, 9.17) is 0 Å². The lowest BCUT2D eigenvalue weighted by Crippen LogP contribution is -2.28. The topological polar surface area (TPSA) is 38.1 Å². The Morgan fingerprint density at radius 3 is 3.00 bits per heavy atom. The zero-order chi connectivity index (χ0) is 9.47. The van der Waals surface area contributed by atoms with Crippen molar-refractivity contribution >= 4 is 11.8 Å². The highest BCUT2D eigenvalue weighted by molar-refractivity contribution is 8.00. The molecule has 0 bridgehead atoms. The van der Waals surface area contributed by atoms with Crippen LogP contribution in [0.5, 0.6) is 0 Å². The van der Waals surface area contributed by atoms with Gasteiger partial charge in [-0.3, -0.25) is 4.68 Å². The number of thioether (sulfide) groups is 1. The average molecular weight is 198 g/mol. The Hall–Kier alpha value is -0.480. The number of rotatable bonds is 1. The van der Waals surface area contributed by atoms with Crippen LogP contribution in [0.25, 0.3) is 0 Å². The Bertz CT molecular complexity index is 312. The zero-order valence-corrected chi connectivity index (χ0v) is 8.71. The number of aliphatic hydroxyl groups is 1. The van der Waals surface area contributed by atoms with Gasteiger partial charge in [-0.2, -0.15) is 16.9 Å². The second-order valence-corrected chi connectivity index (χ2v) is 5.12. The van der Waals surface area contributed by atoms with Crippen LogP contribution in [0.4, 0.5) is 0 Å². The first kappa shape index (κ1) is 9.09. The Balaban J connectivity index is 2.30. The first-order valence-corrected chi connectivity index (χ1v) is 5.49. The molecule has 4 heteroatoms. The van der Waals surface area contributed by atoms with Crippen molar-refractivity contribution in [1.82, 2.24) is 9.78 Å². The van der Waals surface area contributed by atoms with Crippen molar-refractivity contribution < 1.29 is 5.11 Å². The van der Waals surface area contributed by atoms with E-state index in [2.05, 4.69) is 12.0 Å². The molecule has 1 N–H and O–H groups in total. The van der Waals surface area contributed by atoms with Gasteiger partial charge in [-0.25, -0.2) is 0 Å². The fraction of sp³-hybridized carbons (Fsp3) is 0.667. The van der Waals surface area contributed by atoms with Crippen molar-refractivity contribution in [3.8, 4) is 0 Å². The fourth-order valence-electron chi connectivity index (χ4n) is 1.88. The third kappa shape index (κ3) is 1.48. The average Bonchev–Trinajstić information content (AvgIpc) is 2.59. The number of nitrogens with zero attached hydrogens (tertiary/aromatic N) is 2. The largest absolute Gasteiger partial charge is 0.383 e. The van der Waals surface area contributed by atoms with E-state index in [1.54, 1.807) is 10.9 Å². The molecule has 1 saturated heterocycles. The molecule has 1 aromatic heterocycles. The van der Waals surface area contributed by atoms with E-state index >= 15 is 0 Å². The molecule has 13 heavy (non-hydrogen) atoms. The third-order valence-electron chi connectivity index (χ3n) is 2.53. The lowest BCUT2D eigenvalue weighted by molar-refractivity contribution is 0.0526. The first-order valence-electron chi connectivity index (χ1n) is 4.44. The highest BCUT2D eigenvalue weighted by Gasteiger charge is 2.39.